The first-order chi connectivity index (χ1) is 22.1. The number of hydrogen-bond donors (Lipinski definition) is 0. The molecule has 230 valence electrons. The van der Waals surface area contributed by atoms with Crippen LogP contribution in [0.4, 0.5) is 5.69 Å². The van der Waals surface area contributed by atoms with Gasteiger partial charge in [-0.25, -0.2) is 9.78 Å². The van der Waals surface area contributed by atoms with Crippen molar-refractivity contribution in [1.82, 2.24) is 4.98 Å². The average Bonchev–Trinajstić information content (AvgIpc) is 3.85. The summed E-state index contributed by atoms with van der Waals surface area (Å²) in [5.41, 5.74) is 3.50. The van der Waals surface area contributed by atoms with Crippen LogP contribution in [-0.4, -0.2) is 35.2 Å². The lowest BCUT2D eigenvalue weighted by Gasteiger charge is -2.37. The quantitative estimate of drug-likeness (QED) is 0.0857. The third kappa shape index (κ3) is 4.61. The Balaban J connectivity index is 1.11. The molecule has 6 atom stereocenters. The number of allylic oxidation sites excluding steroid dienone is 2. The third-order valence-electron chi connectivity index (χ3n) is 10.0. The monoisotopic (exact) mass is 758 g/mol. The summed E-state index contributed by atoms with van der Waals surface area (Å²) in [5.74, 6) is -0.415. The Morgan fingerprint density at radius 2 is 1.57 bits per heavy atom. The van der Waals surface area contributed by atoms with Gasteiger partial charge in [-0.15, -0.1) is 0 Å². The summed E-state index contributed by atoms with van der Waals surface area (Å²) >= 11 is 13.4. The predicted molar refractivity (Wildman–Crippen MR) is 181 cm³/mol. The summed E-state index contributed by atoms with van der Waals surface area (Å²) in [4.78, 5) is 59.7. The zero-order valence-corrected chi connectivity index (χ0v) is 28.3. The summed E-state index contributed by atoms with van der Waals surface area (Å²) in [6.45, 7) is 1.39. The van der Waals surface area contributed by atoms with Gasteiger partial charge >= 0.3 is 5.97 Å². The molecule has 7 nitrogen and oxygen atoms in total. The number of Topliss-reactive ketones (excluding diaryl/α,β-unsaturated/α-hetero) is 1. The van der Waals surface area contributed by atoms with Crippen LogP contribution >= 0.6 is 43.5 Å². The number of nitrogens with zero attached hydrogens (tertiary/aromatic N) is 2. The summed E-state index contributed by atoms with van der Waals surface area (Å²) < 4.78 is 6.94. The number of fused-ring (bicyclic) bond motifs is 1. The van der Waals surface area contributed by atoms with E-state index in [2.05, 4.69) is 44.0 Å². The highest BCUT2D eigenvalue weighted by atomic mass is 79.9. The van der Waals surface area contributed by atoms with Crippen LogP contribution in [0.3, 0.4) is 0 Å². The Morgan fingerprint density at radius 3 is 2.20 bits per heavy atom. The first-order valence-corrected chi connectivity index (χ1v) is 17.0. The second kappa shape index (κ2) is 11.0. The Morgan fingerprint density at radius 1 is 0.935 bits per heavy atom. The van der Waals surface area contributed by atoms with Crippen molar-refractivity contribution >= 4 is 83.6 Å². The molecule has 2 heterocycles. The largest absolute Gasteiger partial charge is 0.454 e. The standard InChI is InChI=1S/C36H25Br2ClN2O5/c1-16-32(39)27(38)13-25-26(36(45)46-15-29(42)18-2-6-19(37)7-3-18)14-28(40-33(16)25)17-4-8-20(9-5-17)41-34(43)30-21-10-11-22(24-12-23(21)24)31(30)35(41)44/h2-11,13-14,21-24,30-31H,12,15H2,1H3. The van der Waals surface area contributed by atoms with Gasteiger partial charge in [0.25, 0.3) is 0 Å². The molecule has 2 bridgehead atoms. The first kappa shape index (κ1) is 29.7. The number of aromatic nitrogens is 1. The molecule has 10 heteroatoms. The fourth-order valence-corrected chi connectivity index (χ4v) is 8.63. The van der Waals surface area contributed by atoms with Gasteiger partial charge in [0.2, 0.25) is 11.8 Å². The van der Waals surface area contributed by atoms with Crippen molar-refractivity contribution in [3.63, 3.8) is 0 Å². The molecule has 4 aliphatic carbocycles. The Hall–Kier alpha value is -3.66. The number of ether oxygens (including phenoxy) is 1. The van der Waals surface area contributed by atoms with Crippen LogP contribution in [0.1, 0.15) is 32.7 Å². The minimum Gasteiger partial charge on any atom is -0.454 e. The van der Waals surface area contributed by atoms with Crippen LogP contribution in [0.5, 0.6) is 0 Å². The molecule has 0 N–H and O–H groups in total. The van der Waals surface area contributed by atoms with Crippen LogP contribution in [-0.2, 0) is 14.3 Å². The van der Waals surface area contributed by atoms with E-state index in [1.165, 1.54) is 4.90 Å². The van der Waals surface area contributed by atoms with Crippen molar-refractivity contribution in [2.45, 2.75) is 13.3 Å². The molecule has 5 aliphatic rings. The fourth-order valence-electron chi connectivity index (χ4n) is 7.70. The van der Waals surface area contributed by atoms with Crippen molar-refractivity contribution < 1.29 is 23.9 Å². The minimum absolute atomic E-state index is 0.116. The van der Waals surface area contributed by atoms with Crippen molar-refractivity contribution in [1.29, 1.82) is 0 Å². The number of carbonyl (C=O) groups is 4. The van der Waals surface area contributed by atoms with E-state index >= 15 is 0 Å². The van der Waals surface area contributed by atoms with Gasteiger partial charge in [0, 0.05) is 25.5 Å². The molecule has 6 unspecified atom stereocenters. The Bertz CT molecular complexity index is 2010. The molecule has 0 spiro atoms. The highest BCUT2D eigenvalue weighted by Gasteiger charge is 2.67. The van der Waals surface area contributed by atoms with Gasteiger partial charge in [-0.05, 0) is 94.9 Å². The van der Waals surface area contributed by atoms with Crippen LogP contribution < -0.4 is 4.90 Å². The number of ketones is 1. The summed E-state index contributed by atoms with van der Waals surface area (Å²) in [6.07, 6.45) is 5.44. The molecule has 1 aromatic heterocycles. The molecule has 3 fully saturated rings. The second-order valence-electron chi connectivity index (χ2n) is 12.5. The Labute approximate surface area is 286 Å². The highest BCUT2D eigenvalue weighted by Crippen LogP contribution is 2.65. The molecule has 0 radical (unpaired) electrons. The van der Waals surface area contributed by atoms with Gasteiger partial charge in [-0.2, -0.15) is 0 Å². The molecule has 2 amide bonds. The molecular formula is C36H25Br2ClN2O5. The second-order valence-corrected chi connectivity index (χ2v) is 14.6. The minimum atomic E-state index is -0.679. The maximum Gasteiger partial charge on any atom is 0.339 e. The van der Waals surface area contributed by atoms with Gasteiger partial charge in [0.1, 0.15) is 0 Å². The molecule has 46 heavy (non-hydrogen) atoms. The highest BCUT2D eigenvalue weighted by molar-refractivity contribution is 9.10. The van der Waals surface area contributed by atoms with Crippen molar-refractivity contribution in [2.75, 3.05) is 11.5 Å². The number of anilines is 1. The van der Waals surface area contributed by atoms with Crippen molar-refractivity contribution in [3.8, 4) is 11.3 Å². The van der Waals surface area contributed by atoms with E-state index < -0.39 is 12.6 Å². The number of carbonyl (C=O) groups excluding carboxylic acids is 4. The normalized spacial score (nSPS) is 25.5. The lowest BCUT2D eigenvalue weighted by atomic mass is 9.63. The van der Waals surface area contributed by atoms with Gasteiger partial charge in [-0.1, -0.05) is 63.9 Å². The maximum atomic E-state index is 13.6. The van der Waals surface area contributed by atoms with Gasteiger partial charge in [-0.3, -0.25) is 19.3 Å². The number of esters is 1. The zero-order chi connectivity index (χ0) is 32.0. The van der Waals surface area contributed by atoms with Gasteiger partial charge < -0.3 is 4.74 Å². The third-order valence-corrected chi connectivity index (χ3v) is 11.9. The van der Waals surface area contributed by atoms with E-state index in [1.54, 1.807) is 60.7 Å². The number of halogens is 3. The molecule has 1 aliphatic heterocycles. The summed E-state index contributed by atoms with van der Waals surface area (Å²) in [5, 5.41) is 0.984. The molecule has 4 aromatic rings. The lowest BCUT2D eigenvalue weighted by Crippen LogP contribution is -2.40. The van der Waals surface area contributed by atoms with Gasteiger partial charge in [0.15, 0.2) is 12.4 Å². The fraction of sp³-hybridized carbons (Fsp3) is 0.250. The van der Waals surface area contributed by atoms with Crippen LogP contribution in [0.25, 0.3) is 22.2 Å². The number of imide groups is 1. The molecular weight excluding hydrogens is 736 g/mol. The van der Waals surface area contributed by atoms with E-state index in [-0.39, 0.29) is 46.8 Å². The van der Waals surface area contributed by atoms with Crippen LogP contribution in [0, 0.1) is 42.4 Å². The number of amides is 2. The summed E-state index contributed by atoms with van der Waals surface area (Å²) in [7, 11) is 0. The lowest BCUT2D eigenvalue weighted by molar-refractivity contribution is -0.124. The van der Waals surface area contributed by atoms with E-state index in [0.717, 1.165) is 10.9 Å². The molecule has 3 aromatic carbocycles. The van der Waals surface area contributed by atoms with Crippen LogP contribution in [0.2, 0.25) is 5.02 Å². The maximum absolute atomic E-state index is 13.6. The average molecular weight is 761 g/mol. The summed E-state index contributed by atoms with van der Waals surface area (Å²) in [6, 6.07) is 17.2. The number of hydrogen-bond acceptors (Lipinski definition) is 6. The smallest absolute Gasteiger partial charge is 0.339 e. The van der Waals surface area contributed by atoms with E-state index in [9.17, 15) is 19.2 Å². The SMILES string of the molecule is Cc1c(Cl)c(Br)cc2c(C(=O)OCC(=O)c3ccc(Br)cc3)cc(-c3ccc(N4C(=O)C5C6C=CC(C7CC67)C5C4=O)cc3)nc12. The zero-order valence-electron chi connectivity index (χ0n) is 24.4. The Kier molecular flexibility index (Phi) is 7.08. The number of benzene rings is 3. The van der Waals surface area contributed by atoms with E-state index in [1.807, 2.05) is 6.92 Å². The predicted octanol–water partition coefficient (Wildman–Crippen LogP) is 7.99. The van der Waals surface area contributed by atoms with Gasteiger partial charge in [0.05, 0.1) is 39.3 Å². The molecule has 2 saturated carbocycles. The van der Waals surface area contributed by atoms with E-state index in [4.69, 9.17) is 21.3 Å². The van der Waals surface area contributed by atoms with Crippen molar-refractivity contribution in [3.05, 3.63) is 103 Å². The van der Waals surface area contributed by atoms with Crippen LogP contribution in [0.15, 0.2) is 81.8 Å². The molecule has 9 rings (SSSR count). The number of pyridine rings is 1. The van der Waals surface area contributed by atoms with Crippen molar-refractivity contribution in [2.24, 2.45) is 35.5 Å². The van der Waals surface area contributed by atoms with E-state index in [0.29, 0.717) is 60.3 Å². The number of aryl methyl sites for hydroxylation is 1. The number of rotatable bonds is 6. The first-order valence-electron chi connectivity index (χ1n) is 15.0. The molecule has 1 saturated heterocycles. The topological polar surface area (TPSA) is 93.6 Å².